The van der Waals surface area contributed by atoms with E-state index in [0.29, 0.717) is 30.5 Å². The second-order valence-electron chi connectivity index (χ2n) is 10.6. The Morgan fingerprint density at radius 2 is 1.97 bits per heavy atom. The van der Waals surface area contributed by atoms with E-state index in [1.165, 1.54) is 32.1 Å². The number of urea groups is 1. The Morgan fingerprint density at radius 1 is 1.20 bits per heavy atom. The third-order valence-corrected chi connectivity index (χ3v) is 8.33. The maximum absolute atomic E-state index is 13.4. The molecule has 2 aliphatic rings. The molecule has 0 aromatic heterocycles. The molecule has 3 rings (SSSR count). The predicted molar refractivity (Wildman–Crippen MR) is 143 cm³/mol. The molecule has 2 amide bonds. The molecule has 0 spiro atoms. The number of ether oxygens (including phenoxy) is 1. The average Bonchev–Trinajstić information content (AvgIpc) is 2.87. The summed E-state index contributed by atoms with van der Waals surface area (Å²) in [6.07, 6.45) is 11.6. The van der Waals surface area contributed by atoms with Crippen LogP contribution in [0, 0.1) is 11.8 Å². The Hall–Kier alpha value is -1.34. The maximum atomic E-state index is 13.4. The summed E-state index contributed by atoms with van der Waals surface area (Å²) in [5.41, 5.74) is -0.297. The summed E-state index contributed by atoms with van der Waals surface area (Å²) in [6, 6.07) is 7.73. The fourth-order valence-corrected chi connectivity index (χ4v) is 6.39. The third kappa shape index (κ3) is 8.08. The van der Waals surface area contributed by atoms with Gasteiger partial charge in [-0.15, -0.1) is 0 Å². The van der Waals surface area contributed by atoms with E-state index in [1.54, 1.807) is 7.11 Å². The van der Waals surface area contributed by atoms with Gasteiger partial charge in [0, 0.05) is 55.9 Å². The molecule has 0 bridgehead atoms. The second-order valence-corrected chi connectivity index (χ2v) is 11.0. The number of unbranched alkanes of at least 4 members (excludes halogenated alkanes) is 1. The topological polar surface area (TPSA) is 73.8 Å². The molecule has 0 radical (unpaired) electrons. The molecule has 1 saturated heterocycles. The Kier molecular flexibility index (Phi) is 11.6. The van der Waals surface area contributed by atoms with E-state index < -0.39 is 5.60 Å². The van der Waals surface area contributed by atoms with Gasteiger partial charge in [0.2, 0.25) is 0 Å². The normalized spacial score (nSPS) is 21.9. The highest BCUT2D eigenvalue weighted by Gasteiger charge is 2.42. The predicted octanol–water partition coefficient (Wildman–Crippen LogP) is 5.32. The zero-order chi connectivity index (χ0) is 25.1. The van der Waals surface area contributed by atoms with Gasteiger partial charge in [-0.25, -0.2) is 4.79 Å². The van der Waals surface area contributed by atoms with Crippen LogP contribution >= 0.6 is 11.6 Å². The van der Waals surface area contributed by atoms with Crippen LogP contribution in [0.1, 0.15) is 76.2 Å². The molecule has 1 heterocycles. The molecule has 3 atom stereocenters. The van der Waals surface area contributed by atoms with Crippen LogP contribution in [0.4, 0.5) is 4.79 Å². The fourth-order valence-electron chi connectivity index (χ4n) is 6.09. The lowest BCUT2D eigenvalue weighted by Gasteiger charge is -2.43. The number of carbonyl (C=O) groups is 1. The van der Waals surface area contributed by atoms with Gasteiger partial charge >= 0.3 is 6.03 Å². The van der Waals surface area contributed by atoms with E-state index in [-0.39, 0.29) is 18.0 Å². The van der Waals surface area contributed by atoms with E-state index in [2.05, 4.69) is 10.6 Å². The fraction of sp³-hybridized carbons (Fsp3) is 0.750. The van der Waals surface area contributed by atoms with Crippen molar-refractivity contribution in [3.63, 3.8) is 0 Å². The van der Waals surface area contributed by atoms with E-state index >= 15 is 0 Å². The number of amides is 2. The van der Waals surface area contributed by atoms with Crippen molar-refractivity contribution in [3.8, 4) is 0 Å². The van der Waals surface area contributed by atoms with E-state index in [0.717, 1.165) is 50.8 Å². The number of likely N-dealkylation sites (tertiary alicyclic amines) is 1. The first kappa shape index (κ1) is 28.2. The lowest BCUT2D eigenvalue weighted by Crippen LogP contribution is -2.54. The number of rotatable bonds is 12. The highest BCUT2D eigenvalue weighted by molar-refractivity contribution is 6.31. The summed E-state index contributed by atoms with van der Waals surface area (Å²) in [6.45, 7) is 2.71. The van der Waals surface area contributed by atoms with Gasteiger partial charge in [-0.05, 0) is 57.6 Å². The third-order valence-electron chi connectivity index (χ3n) is 8.00. The van der Waals surface area contributed by atoms with Gasteiger partial charge in [0.1, 0.15) is 0 Å². The molecular formula is C28H46ClN3O3. The summed E-state index contributed by atoms with van der Waals surface area (Å²) in [4.78, 5) is 15.3. The average molecular weight is 508 g/mol. The number of piperidine rings is 1. The molecule has 7 heteroatoms. The molecule has 3 N–H and O–H groups in total. The molecule has 2 fully saturated rings. The largest absolute Gasteiger partial charge is 0.385 e. The van der Waals surface area contributed by atoms with Crippen molar-refractivity contribution >= 4 is 17.6 Å². The van der Waals surface area contributed by atoms with Crippen LogP contribution in [0.5, 0.6) is 0 Å². The van der Waals surface area contributed by atoms with Crippen molar-refractivity contribution < 1.29 is 14.6 Å². The van der Waals surface area contributed by atoms with Crippen molar-refractivity contribution in [1.29, 1.82) is 0 Å². The zero-order valence-corrected chi connectivity index (χ0v) is 22.5. The molecule has 1 aliphatic carbocycles. The molecule has 1 saturated carbocycles. The van der Waals surface area contributed by atoms with Crippen molar-refractivity contribution in [1.82, 2.24) is 15.5 Å². The molecule has 6 nitrogen and oxygen atoms in total. The van der Waals surface area contributed by atoms with Crippen LogP contribution in [0.15, 0.2) is 24.3 Å². The molecule has 198 valence electrons. The molecule has 1 aromatic rings. The summed E-state index contributed by atoms with van der Waals surface area (Å²) in [5, 5.41) is 19.2. The lowest BCUT2D eigenvalue weighted by molar-refractivity contribution is -0.0563. The van der Waals surface area contributed by atoms with Gasteiger partial charge in [0.25, 0.3) is 0 Å². The first-order chi connectivity index (χ1) is 17.0. The maximum Gasteiger partial charge on any atom is 0.317 e. The van der Waals surface area contributed by atoms with Gasteiger partial charge in [-0.1, -0.05) is 61.9 Å². The zero-order valence-electron chi connectivity index (χ0n) is 21.7. The minimum Gasteiger partial charge on any atom is -0.385 e. The minimum atomic E-state index is -1.07. The quantitative estimate of drug-likeness (QED) is 0.334. The summed E-state index contributed by atoms with van der Waals surface area (Å²) >= 11 is 6.58. The summed E-state index contributed by atoms with van der Waals surface area (Å²) in [5.74, 6) is 0.638. The lowest BCUT2D eigenvalue weighted by atomic mass is 9.74. The van der Waals surface area contributed by atoms with E-state index in [1.807, 2.05) is 36.2 Å². The van der Waals surface area contributed by atoms with Crippen molar-refractivity contribution in [2.75, 3.05) is 40.4 Å². The first-order valence-corrected chi connectivity index (χ1v) is 14.0. The van der Waals surface area contributed by atoms with Crippen LogP contribution in [0.3, 0.4) is 0 Å². The van der Waals surface area contributed by atoms with Gasteiger partial charge in [-0.2, -0.15) is 0 Å². The number of nitrogens with zero attached hydrogens (tertiary/aromatic N) is 1. The monoisotopic (exact) mass is 507 g/mol. The molecule has 1 aliphatic heterocycles. The number of aliphatic hydroxyl groups is 1. The van der Waals surface area contributed by atoms with E-state index in [9.17, 15) is 9.90 Å². The van der Waals surface area contributed by atoms with Gasteiger partial charge in [0.05, 0.1) is 5.60 Å². The summed E-state index contributed by atoms with van der Waals surface area (Å²) < 4.78 is 5.22. The van der Waals surface area contributed by atoms with Gasteiger partial charge in [-0.3, -0.25) is 0 Å². The number of halogens is 1. The molecular weight excluding hydrogens is 462 g/mol. The minimum absolute atomic E-state index is 0.00773. The first-order valence-electron chi connectivity index (χ1n) is 13.6. The van der Waals surface area contributed by atoms with Crippen LogP contribution in [0.25, 0.3) is 0 Å². The Morgan fingerprint density at radius 3 is 2.69 bits per heavy atom. The number of hydrogen-bond donors (Lipinski definition) is 3. The summed E-state index contributed by atoms with van der Waals surface area (Å²) in [7, 11) is 3.65. The molecule has 1 aromatic carbocycles. The van der Waals surface area contributed by atoms with Crippen LogP contribution in [0.2, 0.25) is 5.02 Å². The number of methoxy groups -OCH3 is 1. The van der Waals surface area contributed by atoms with Crippen molar-refractivity contribution in [2.45, 2.75) is 82.3 Å². The van der Waals surface area contributed by atoms with Crippen LogP contribution < -0.4 is 10.6 Å². The van der Waals surface area contributed by atoms with Crippen molar-refractivity contribution in [2.24, 2.45) is 11.8 Å². The highest BCUT2D eigenvalue weighted by atomic mass is 35.5. The standard InChI is InChI=1S/C28H46ClN3O3/c1-30-20-24(19-22-11-4-3-5-12-22)31-27(33)32-17-10-13-23(21-32)28(34,16-8-9-18-35-2)25-14-6-7-15-26(25)29/h6-7,14-15,22-24,30,34H,3-5,8-13,16-21H2,1-2H3,(H,31,33). The number of carbonyl (C=O) groups excluding carboxylic acids is 1. The number of nitrogens with one attached hydrogen (secondary N) is 2. The Labute approximate surface area is 217 Å². The number of benzene rings is 1. The molecule has 35 heavy (non-hydrogen) atoms. The van der Waals surface area contributed by atoms with E-state index in [4.69, 9.17) is 16.3 Å². The van der Waals surface area contributed by atoms with Gasteiger partial charge < -0.3 is 25.4 Å². The SMILES string of the molecule is CNCC(CC1CCCCC1)NC(=O)N1CCCC(C(O)(CCCCOC)c2ccccc2Cl)C1. The number of likely N-dealkylation sites (N-methyl/N-ethyl adjacent to an activating group) is 1. The smallest absolute Gasteiger partial charge is 0.317 e. The Balaban J connectivity index is 1.68. The van der Waals surface area contributed by atoms with Gasteiger partial charge in [0.15, 0.2) is 0 Å². The highest BCUT2D eigenvalue weighted by Crippen LogP contribution is 2.42. The number of hydrogen-bond acceptors (Lipinski definition) is 4. The molecule has 3 unspecified atom stereocenters. The van der Waals surface area contributed by atoms with Crippen molar-refractivity contribution in [3.05, 3.63) is 34.9 Å². The van der Waals surface area contributed by atoms with Crippen LogP contribution in [-0.4, -0.2) is 62.5 Å². The van der Waals surface area contributed by atoms with Crippen LogP contribution in [-0.2, 0) is 10.3 Å². The second kappa shape index (κ2) is 14.4. The Bertz CT molecular complexity index is 774.